The van der Waals surface area contributed by atoms with Crippen molar-refractivity contribution in [3.63, 3.8) is 0 Å². The van der Waals surface area contributed by atoms with Crippen LogP contribution in [0, 0.1) is 0 Å². The van der Waals surface area contributed by atoms with E-state index in [4.69, 9.17) is 5.11 Å². The molecule has 1 aromatic rings. The summed E-state index contributed by atoms with van der Waals surface area (Å²) in [5, 5.41) is 13.6. The topological polar surface area (TPSA) is 70.6 Å². The van der Waals surface area contributed by atoms with Gasteiger partial charge in [0.1, 0.15) is 5.75 Å². The van der Waals surface area contributed by atoms with Gasteiger partial charge in [0.25, 0.3) is 0 Å². The molecule has 0 saturated heterocycles. The van der Waals surface area contributed by atoms with Crippen molar-refractivity contribution in [2.75, 3.05) is 11.9 Å². The highest BCUT2D eigenvalue weighted by Crippen LogP contribution is 2.19. The molecule has 1 rings (SSSR count). The van der Waals surface area contributed by atoms with Gasteiger partial charge in [-0.05, 0) is 19.1 Å². The lowest BCUT2D eigenvalue weighted by Crippen LogP contribution is -2.38. The number of nitrogens with one attached hydrogen (secondary N) is 2. The van der Waals surface area contributed by atoms with Gasteiger partial charge in [0, 0.05) is 11.8 Å². The van der Waals surface area contributed by atoms with Crippen LogP contribution in [0.25, 0.3) is 0 Å². The Labute approximate surface area is 103 Å². The summed E-state index contributed by atoms with van der Waals surface area (Å²) in [7, 11) is 0. The number of urea groups is 1. The van der Waals surface area contributed by atoms with Gasteiger partial charge in [0.2, 0.25) is 0 Å². The highest BCUT2D eigenvalue weighted by atomic mass is 19.3. The second-order valence-corrected chi connectivity index (χ2v) is 3.59. The number of ether oxygens (including phenoxy) is 1. The lowest BCUT2D eigenvalue weighted by atomic mass is 10.3. The third-order valence-corrected chi connectivity index (χ3v) is 1.97. The molecule has 0 aromatic heterocycles. The first-order valence-corrected chi connectivity index (χ1v) is 5.24. The normalized spacial score (nSPS) is 12.1. The Morgan fingerprint density at radius 3 is 2.83 bits per heavy atom. The molecule has 1 unspecified atom stereocenters. The van der Waals surface area contributed by atoms with Gasteiger partial charge < -0.3 is 20.5 Å². The van der Waals surface area contributed by atoms with Crippen molar-refractivity contribution >= 4 is 11.7 Å². The standard InChI is InChI=1S/C11H14F2N2O3/c1-7(6-16)14-11(17)15-8-3-2-4-9(5-8)18-10(12)13/h2-5,7,10,16H,6H2,1H3,(H2,14,15,17). The quantitative estimate of drug-likeness (QED) is 0.756. The molecule has 1 aromatic carbocycles. The molecule has 0 spiro atoms. The fourth-order valence-corrected chi connectivity index (χ4v) is 1.19. The van der Waals surface area contributed by atoms with Crippen molar-refractivity contribution in [1.29, 1.82) is 0 Å². The van der Waals surface area contributed by atoms with Crippen LogP contribution in [-0.2, 0) is 0 Å². The largest absolute Gasteiger partial charge is 0.435 e. The van der Waals surface area contributed by atoms with Crippen LogP contribution in [0.15, 0.2) is 24.3 Å². The van der Waals surface area contributed by atoms with Crippen LogP contribution in [0.4, 0.5) is 19.3 Å². The molecule has 0 saturated carbocycles. The Balaban J connectivity index is 2.59. The van der Waals surface area contributed by atoms with Crippen LogP contribution in [0.2, 0.25) is 0 Å². The first-order valence-electron chi connectivity index (χ1n) is 5.24. The average molecular weight is 260 g/mol. The van der Waals surface area contributed by atoms with E-state index in [1.807, 2.05) is 0 Å². The van der Waals surface area contributed by atoms with E-state index in [1.165, 1.54) is 24.3 Å². The van der Waals surface area contributed by atoms with E-state index in [0.29, 0.717) is 5.69 Å². The average Bonchev–Trinajstić information content (AvgIpc) is 2.28. The number of anilines is 1. The smallest absolute Gasteiger partial charge is 0.387 e. The number of carbonyl (C=O) groups excluding carboxylic acids is 1. The SMILES string of the molecule is CC(CO)NC(=O)Nc1cccc(OC(F)F)c1. The zero-order chi connectivity index (χ0) is 13.5. The van der Waals surface area contributed by atoms with Gasteiger partial charge in [-0.25, -0.2) is 4.79 Å². The number of hydrogen-bond donors (Lipinski definition) is 3. The molecule has 0 bridgehead atoms. The van der Waals surface area contributed by atoms with Crippen molar-refractivity contribution in [3.05, 3.63) is 24.3 Å². The molecule has 0 radical (unpaired) electrons. The van der Waals surface area contributed by atoms with Crippen LogP contribution < -0.4 is 15.4 Å². The molecule has 0 heterocycles. The maximum absolute atomic E-state index is 12.0. The van der Waals surface area contributed by atoms with Crippen LogP contribution in [-0.4, -0.2) is 30.4 Å². The molecule has 0 fully saturated rings. The summed E-state index contributed by atoms with van der Waals surface area (Å²) < 4.78 is 28.2. The minimum Gasteiger partial charge on any atom is -0.435 e. The van der Waals surface area contributed by atoms with Crippen molar-refractivity contribution in [3.8, 4) is 5.75 Å². The van der Waals surface area contributed by atoms with Crippen molar-refractivity contribution < 1.29 is 23.4 Å². The number of carbonyl (C=O) groups is 1. The highest BCUT2D eigenvalue weighted by Gasteiger charge is 2.08. The van der Waals surface area contributed by atoms with Crippen molar-refractivity contribution in [2.24, 2.45) is 0 Å². The first-order chi connectivity index (χ1) is 8.51. The van der Waals surface area contributed by atoms with Crippen molar-refractivity contribution in [2.45, 2.75) is 19.6 Å². The Hall–Kier alpha value is -1.89. The van der Waals surface area contributed by atoms with E-state index >= 15 is 0 Å². The van der Waals surface area contributed by atoms with Crippen LogP contribution in [0.3, 0.4) is 0 Å². The van der Waals surface area contributed by atoms with Gasteiger partial charge in [-0.1, -0.05) is 6.07 Å². The predicted octanol–water partition coefficient (Wildman–Crippen LogP) is 1.79. The minimum atomic E-state index is -2.91. The molecular formula is C11H14F2N2O3. The van der Waals surface area contributed by atoms with E-state index in [2.05, 4.69) is 15.4 Å². The van der Waals surface area contributed by atoms with E-state index in [-0.39, 0.29) is 12.4 Å². The third-order valence-electron chi connectivity index (χ3n) is 1.97. The molecule has 100 valence electrons. The van der Waals surface area contributed by atoms with E-state index in [1.54, 1.807) is 6.92 Å². The van der Waals surface area contributed by atoms with Gasteiger partial charge in [-0.15, -0.1) is 0 Å². The second-order valence-electron chi connectivity index (χ2n) is 3.59. The maximum Gasteiger partial charge on any atom is 0.387 e. The van der Waals surface area contributed by atoms with Gasteiger partial charge in [0.05, 0.1) is 12.6 Å². The van der Waals surface area contributed by atoms with Gasteiger partial charge in [0.15, 0.2) is 0 Å². The lowest BCUT2D eigenvalue weighted by Gasteiger charge is -2.12. The summed E-state index contributed by atoms with van der Waals surface area (Å²) in [6.07, 6.45) is 0. The Bertz CT molecular complexity index is 402. The summed E-state index contributed by atoms with van der Waals surface area (Å²) in [5.74, 6) is -0.0435. The summed E-state index contributed by atoms with van der Waals surface area (Å²) >= 11 is 0. The fraction of sp³-hybridized carbons (Fsp3) is 0.364. The monoisotopic (exact) mass is 260 g/mol. The van der Waals surface area contributed by atoms with E-state index < -0.39 is 18.7 Å². The number of benzene rings is 1. The predicted molar refractivity (Wildman–Crippen MR) is 61.8 cm³/mol. The van der Waals surface area contributed by atoms with E-state index in [0.717, 1.165) is 0 Å². The van der Waals surface area contributed by atoms with Gasteiger partial charge in [-0.3, -0.25) is 0 Å². The molecular weight excluding hydrogens is 246 g/mol. The summed E-state index contributed by atoms with van der Waals surface area (Å²) in [5.41, 5.74) is 0.316. The minimum absolute atomic E-state index is 0.0435. The number of aliphatic hydroxyl groups excluding tert-OH is 1. The molecule has 0 aliphatic rings. The molecule has 3 N–H and O–H groups in total. The fourth-order valence-electron chi connectivity index (χ4n) is 1.19. The zero-order valence-electron chi connectivity index (χ0n) is 9.69. The number of aliphatic hydroxyl groups is 1. The summed E-state index contributed by atoms with van der Waals surface area (Å²) in [6, 6.07) is 4.70. The van der Waals surface area contributed by atoms with Crippen LogP contribution in [0.5, 0.6) is 5.75 Å². The third kappa shape index (κ3) is 4.96. The van der Waals surface area contributed by atoms with Crippen LogP contribution >= 0.6 is 0 Å². The molecule has 0 aliphatic heterocycles. The second kappa shape index (κ2) is 6.75. The molecule has 5 nitrogen and oxygen atoms in total. The van der Waals surface area contributed by atoms with Gasteiger partial charge in [-0.2, -0.15) is 8.78 Å². The number of hydrogen-bond acceptors (Lipinski definition) is 3. The van der Waals surface area contributed by atoms with Crippen LogP contribution in [0.1, 0.15) is 6.92 Å². The highest BCUT2D eigenvalue weighted by molar-refractivity contribution is 5.89. The lowest BCUT2D eigenvalue weighted by molar-refractivity contribution is -0.0497. The summed E-state index contributed by atoms with van der Waals surface area (Å²) in [4.78, 5) is 11.4. The molecule has 7 heteroatoms. The number of rotatable bonds is 5. The molecule has 0 aliphatic carbocycles. The first kappa shape index (κ1) is 14.2. The zero-order valence-corrected chi connectivity index (χ0v) is 9.69. The molecule has 1 atom stereocenters. The van der Waals surface area contributed by atoms with E-state index in [9.17, 15) is 13.6 Å². The Morgan fingerprint density at radius 2 is 2.22 bits per heavy atom. The van der Waals surface area contributed by atoms with Crippen molar-refractivity contribution in [1.82, 2.24) is 5.32 Å². The maximum atomic E-state index is 12.0. The van der Waals surface area contributed by atoms with Gasteiger partial charge >= 0.3 is 12.6 Å². The number of alkyl halides is 2. The Kier molecular flexibility index (Phi) is 5.31. The number of amides is 2. The summed E-state index contributed by atoms with van der Waals surface area (Å²) in [6.45, 7) is -1.49. The number of halogens is 2. The Morgan fingerprint density at radius 1 is 1.50 bits per heavy atom. The molecule has 18 heavy (non-hydrogen) atoms. The molecule has 2 amide bonds.